The van der Waals surface area contributed by atoms with Gasteiger partial charge in [0.1, 0.15) is 0 Å². The third-order valence-electron chi connectivity index (χ3n) is 3.05. The second-order valence-corrected chi connectivity index (χ2v) is 4.37. The maximum Gasteiger partial charge on any atom is 0.0120 e. The second-order valence-electron chi connectivity index (χ2n) is 4.37. The first-order chi connectivity index (χ1) is 5.13. The molecule has 1 rings (SSSR count). The van der Waals surface area contributed by atoms with Gasteiger partial charge >= 0.3 is 0 Å². The Balaban J connectivity index is 2.51. The van der Waals surface area contributed by atoms with Crippen molar-refractivity contribution < 1.29 is 0 Å². The highest BCUT2D eigenvalue weighted by molar-refractivity contribution is 4.84. The van der Waals surface area contributed by atoms with Crippen molar-refractivity contribution in [3.05, 3.63) is 0 Å². The van der Waals surface area contributed by atoms with Gasteiger partial charge in [0.05, 0.1) is 0 Å². The van der Waals surface area contributed by atoms with Crippen molar-refractivity contribution in [2.45, 2.75) is 39.2 Å². The van der Waals surface area contributed by atoms with Gasteiger partial charge in [0.2, 0.25) is 0 Å². The van der Waals surface area contributed by atoms with E-state index in [2.05, 4.69) is 32.8 Å². The fourth-order valence-electron chi connectivity index (χ4n) is 2.39. The first kappa shape index (κ1) is 9.05. The molecule has 0 radical (unpaired) electrons. The Labute approximate surface area is 70.8 Å². The van der Waals surface area contributed by atoms with Crippen LogP contribution in [0.15, 0.2) is 0 Å². The minimum Gasteiger partial charge on any atom is -0.306 e. The van der Waals surface area contributed by atoms with Crippen LogP contribution in [0.3, 0.4) is 0 Å². The molecule has 1 saturated carbocycles. The van der Waals surface area contributed by atoms with E-state index in [1.54, 1.807) is 0 Å². The molecule has 0 saturated heterocycles. The van der Waals surface area contributed by atoms with Crippen LogP contribution in [-0.2, 0) is 0 Å². The summed E-state index contributed by atoms with van der Waals surface area (Å²) >= 11 is 0. The number of hydrogen-bond donors (Lipinski definition) is 0. The summed E-state index contributed by atoms with van der Waals surface area (Å²) in [6.45, 7) is 4.71. The minimum absolute atomic E-state index is 0.856. The normalized spacial score (nSPS) is 32.2. The van der Waals surface area contributed by atoms with Gasteiger partial charge in [-0.2, -0.15) is 0 Å². The third kappa shape index (κ3) is 1.96. The molecule has 0 aromatic rings. The standard InChI is InChI=1S/C10H21N/c1-8(2)9-6-5-7-10(9)11(3)4/h8-10H,5-7H2,1-4H3/t9-,10-/m1/s1. The first-order valence-corrected chi connectivity index (χ1v) is 4.79. The molecule has 1 fully saturated rings. The van der Waals surface area contributed by atoms with E-state index >= 15 is 0 Å². The zero-order valence-corrected chi connectivity index (χ0v) is 8.30. The molecule has 1 aliphatic carbocycles. The fraction of sp³-hybridized carbons (Fsp3) is 1.00. The smallest absolute Gasteiger partial charge is 0.0120 e. The van der Waals surface area contributed by atoms with E-state index < -0.39 is 0 Å². The average Bonchev–Trinajstić information content (AvgIpc) is 2.32. The van der Waals surface area contributed by atoms with Crippen LogP contribution in [0.4, 0.5) is 0 Å². The second kappa shape index (κ2) is 3.57. The highest BCUT2D eigenvalue weighted by Gasteiger charge is 2.30. The largest absolute Gasteiger partial charge is 0.306 e. The molecule has 0 unspecified atom stereocenters. The van der Waals surface area contributed by atoms with Crippen molar-refractivity contribution in [1.82, 2.24) is 4.90 Å². The van der Waals surface area contributed by atoms with Crippen molar-refractivity contribution in [3.8, 4) is 0 Å². The molecular weight excluding hydrogens is 134 g/mol. The SMILES string of the molecule is CC(C)[C@H]1CCC[C@H]1N(C)C. The van der Waals surface area contributed by atoms with Crippen LogP contribution in [0.25, 0.3) is 0 Å². The molecule has 1 nitrogen and oxygen atoms in total. The van der Waals surface area contributed by atoms with Crippen LogP contribution < -0.4 is 0 Å². The quantitative estimate of drug-likeness (QED) is 0.592. The Morgan fingerprint density at radius 3 is 2.18 bits per heavy atom. The van der Waals surface area contributed by atoms with Crippen LogP contribution in [-0.4, -0.2) is 25.0 Å². The summed E-state index contributed by atoms with van der Waals surface area (Å²) in [4.78, 5) is 2.40. The Morgan fingerprint density at radius 1 is 1.18 bits per heavy atom. The summed E-state index contributed by atoms with van der Waals surface area (Å²) in [5.74, 6) is 1.81. The minimum atomic E-state index is 0.856. The molecule has 0 aromatic carbocycles. The van der Waals surface area contributed by atoms with Crippen molar-refractivity contribution >= 4 is 0 Å². The van der Waals surface area contributed by atoms with Crippen LogP contribution in [0, 0.1) is 11.8 Å². The molecule has 0 spiro atoms. The van der Waals surface area contributed by atoms with Gasteiger partial charge < -0.3 is 4.90 Å². The van der Waals surface area contributed by atoms with E-state index in [1.807, 2.05) is 0 Å². The molecule has 0 aliphatic heterocycles. The fourth-order valence-corrected chi connectivity index (χ4v) is 2.39. The highest BCUT2D eigenvalue weighted by Crippen LogP contribution is 2.33. The Bertz CT molecular complexity index is 104. The van der Waals surface area contributed by atoms with Crippen molar-refractivity contribution in [2.75, 3.05) is 14.1 Å². The molecule has 2 atom stereocenters. The van der Waals surface area contributed by atoms with Gasteiger partial charge in [-0.15, -0.1) is 0 Å². The van der Waals surface area contributed by atoms with E-state index in [0.717, 1.165) is 17.9 Å². The summed E-state index contributed by atoms with van der Waals surface area (Å²) in [5.41, 5.74) is 0. The Morgan fingerprint density at radius 2 is 1.82 bits per heavy atom. The van der Waals surface area contributed by atoms with Gasteiger partial charge in [0.15, 0.2) is 0 Å². The number of nitrogens with zero attached hydrogens (tertiary/aromatic N) is 1. The topological polar surface area (TPSA) is 3.24 Å². The van der Waals surface area contributed by atoms with Gasteiger partial charge in [0.25, 0.3) is 0 Å². The van der Waals surface area contributed by atoms with Crippen LogP contribution >= 0.6 is 0 Å². The Kier molecular flexibility index (Phi) is 2.94. The molecular formula is C10H21N. The maximum absolute atomic E-state index is 2.40. The van der Waals surface area contributed by atoms with E-state index in [9.17, 15) is 0 Å². The average molecular weight is 155 g/mol. The lowest BCUT2D eigenvalue weighted by atomic mass is 9.90. The summed E-state index contributed by atoms with van der Waals surface area (Å²) in [5, 5.41) is 0. The molecule has 1 aliphatic rings. The van der Waals surface area contributed by atoms with Crippen molar-refractivity contribution in [3.63, 3.8) is 0 Å². The summed E-state index contributed by atoms with van der Waals surface area (Å²) in [6.07, 6.45) is 4.29. The van der Waals surface area contributed by atoms with Gasteiger partial charge in [-0.25, -0.2) is 0 Å². The highest BCUT2D eigenvalue weighted by atomic mass is 15.1. The molecule has 0 amide bonds. The third-order valence-corrected chi connectivity index (χ3v) is 3.05. The lowest BCUT2D eigenvalue weighted by Crippen LogP contribution is -2.33. The zero-order chi connectivity index (χ0) is 8.43. The van der Waals surface area contributed by atoms with E-state index in [-0.39, 0.29) is 0 Å². The number of hydrogen-bond acceptors (Lipinski definition) is 1. The lowest BCUT2D eigenvalue weighted by Gasteiger charge is -2.28. The molecule has 1 heteroatoms. The van der Waals surface area contributed by atoms with E-state index in [4.69, 9.17) is 0 Å². The van der Waals surface area contributed by atoms with E-state index in [0.29, 0.717) is 0 Å². The molecule has 11 heavy (non-hydrogen) atoms. The van der Waals surface area contributed by atoms with Crippen molar-refractivity contribution in [2.24, 2.45) is 11.8 Å². The maximum atomic E-state index is 2.40. The van der Waals surface area contributed by atoms with Crippen molar-refractivity contribution in [1.29, 1.82) is 0 Å². The summed E-state index contributed by atoms with van der Waals surface area (Å²) in [7, 11) is 4.43. The molecule has 0 bridgehead atoms. The van der Waals surface area contributed by atoms with Crippen LogP contribution in [0.2, 0.25) is 0 Å². The molecule has 66 valence electrons. The Hall–Kier alpha value is -0.0400. The van der Waals surface area contributed by atoms with Gasteiger partial charge in [-0.1, -0.05) is 20.3 Å². The number of rotatable bonds is 2. The molecule has 0 N–H and O–H groups in total. The van der Waals surface area contributed by atoms with Gasteiger partial charge in [-0.3, -0.25) is 0 Å². The van der Waals surface area contributed by atoms with Crippen LogP contribution in [0.1, 0.15) is 33.1 Å². The van der Waals surface area contributed by atoms with Gasteiger partial charge in [-0.05, 0) is 38.8 Å². The zero-order valence-electron chi connectivity index (χ0n) is 8.30. The molecule has 0 heterocycles. The van der Waals surface area contributed by atoms with Gasteiger partial charge in [0, 0.05) is 6.04 Å². The monoisotopic (exact) mass is 155 g/mol. The molecule has 0 aromatic heterocycles. The van der Waals surface area contributed by atoms with E-state index in [1.165, 1.54) is 19.3 Å². The lowest BCUT2D eigenvalue weighted by molar-refractivity contribution is 0.199. The predicted octanol–water partition coefficient (Wildman–Crippen LogP) is 2.37. The summed E-state index contributed by atoms with van der Waals surface area (Å²) < 4.78 is 0. The summed E-state index contributed by atoms with van der Waals surface area (Å²) in [6, 6.07) is 0.856. The van der Waals surface area contributed by atoms with Crippen LogP contribution in [0.5, 0.6) is 0 Å². The first-order valence-electron chi connectivity index (χ1n) is 4.79. The predicted molar refractivity (Wildman–Crippen MR) is 49.7 cm³/mol.